The first-order valence-corrected chi connectivity index (χ1v) is 7.52. The molecule has 118 valence electrons. The normalized spacial score (nSPS) is 18.8. The lowest BCUT2D eigenvalue weighted by Crippen LogP contribution is -2.21. The van der Waals surface area contributed by atoms with E-state index in [1.165, 1.54) is 0 Å². The number of carbonyl (C=O) groups excluding carboxylic acids is 1. The Kier molecular flexibility index (Phi) is 3.33. The number of ketones is 1. The second-order valence-corrected chi connectivity index (χ2v) is 5.50. The number of hydrogen-bond donors (Lipinski definition) is 0. The maximum absolute atomic E-state index is 12.4. The number of methoxy groups -OCH3 is 1. The van der Waals surface area contributed by atoms with Crippen molar-refractivity contribution in [1.82, 2.24) is 0 Å². The third-order valence-corrected chi connectivity index (χ3v) is 4.07. The van der Waals surface area contributed by atoms with Gasteiger partial charge in [0.25, 0.3) is 0 Å². The molecule has 2 aromatic carbocycles. The Bertz CT molecular complexity index is 768. The Hall–Kier alpha value is -2.69. The molecule has 0 saturated heterocycles. The average Bonchev–Trinajstić information content (AvgIpc) is 2.61. The van der Waals surface area contributed by atoms with Crippen LogP contribution in [0.4, 0.5) is 0 Å². The van der Waals surface area contributed by atoms with Crippen LogP contribution in [-0.2, 0) is 0 Å². The topological polar surface area (TPSA) is 54.0 Å². The van der Waals surface area contributed by atoms with Gasteiger partial charge in [0, 0.05) is 0 Å². The van der Waals surface area contributed by atoms with E-state index in [-0.39, 0.29) is 11.9 Å². The summed E-state index contributed by atoms with van der Waals surface area (Å²) in [6, 6.07) is 11.0. The molecule has 2 aliphatic heterocycles. The molecule has 0 aliphatic carbocycles. The van der Waals surface area contributed by atoms with Crippen LogP contribution in [0.5, 0.6) is 23.0 Å². The van der Waals surface area contributed by atoms with Crippen molar-refractivity contribution < 1.29 is 23.7 Å². The number of carbonyl (C=O) groups is 1. The fourth-order valence-electron chi connectivity index (χ4n) is 2.88. The van der Waals surface area contributed by atoms with Gasteiger partial charge < -0.3 is 18.9 Å². The zero-order valence-corrected chi connectivity index (χ0v) is 12.7. The standard InChI is InChI=1S/C18H16O5/c1-20-12-3-5-15-13(9-12)14(19)10-17(23-15)11-2-4-16-18(8-11)22-7-6-21-16/h2-5,8-9,17H,6-7,10H2,1H3/t17-/m0/s1. The highest BCUT2D eigenvalue weighted by Crippen LogP contribution is 2.39. The van der Waals surface area contributed by atoms with Crippen molar-refractivity contribution in [3.63, 3.8) is 0 Å². The SMILES string of the molecule is COc1ccc2c(c1)C(=O)C[C@@H](c1ccc3c(c1)OCCO3)O2. The molecule has 0 fully saturated rings. The van der Waals surface area contributed by atoms with E-state index in [0.717, 1.165) is 11.3 Å². The Labute approximate surface area is 133 Å². The van der Waals surface area contributed by atoms with Crippen LogP contribution in [0, 0.1) is 0 Å². The van der Waals surface area contributed by atoms with E-state index < -0.39 is 0 Å². The van der Waals surface area contributed by atoms with Gasteiger partial charge >= 0.3 is 0 Å². The monoisotopic (exact) mass is 312 g/mol. The molecule has 0 unspecified atom stereocenters. The predicted molar refractivity (Wildman–Crippen MR) is 82.7 cm³/mol. The summed E-state index contributed by atoms with van der Waals surface area (Å²) in [7, 11) is 1.58. The van der Waals surface area contributed by atoms with E-state index in [4.69, 9.17) is 18.9 Å². The second-order valence-electron chi connectivity index (χ2n) is 5.50. The smallest absolute Gasteiger partial charge is 0.170 e. The van der Waals surface area contributed by atoms with Crippen LogP contribution in [0.2, 0.25) is 0 Å². The maximum atomic E-state index is 12.4. The number of ether oxygens (including phenoxy) is 4. The quantitative estimate of drug-likeness (QED) is 0.852. The highest BCUT2D eigenvalue weighted by Gasteiger charge is 2.29. The molecular formula is C18H16O5. The molecule has 5 nitrogen and oxygen atoms in total. The lowest BCUT2D eigenvalue weighted by atomic mass is 9.96. The van der Waals surface area contributed by atoms with Gasteiger partial charge in [0.05, 0.1) is 19.1 Å². The van der Waals surface area contributed by atoms with Crippen molar-refractivity contribution in [1.29, 1.82) is 0 Å². The fourth-order valence-corrected chi connectivity index (χ4v) is 2.88. The summed E-state index contributed by atoms with van der Waals surface area (Å²) < 4.78 is 22.3. The first-order chi connectivity index (χ1) is 11.2. The molecule has 0 radical (unpaired) electrons. The van der Waals surface area contributed by atoms with Crippen molar-refractivity contribution in [2.45, 2.75) is 12.5 Å². The first-order valence-electron chi connectivity index (χ1n) is 7.52. The second kappa shape index (κ2) is 5.50. The van der Waals surface area contributed by atoms with Gasteiger partial charge in [-0.15, -0.1) is 0 Å². The van der Waals surface area contributed by atoms with E-state index in [9.17, 15) is 4.79 Å². The molecule has 1 atom stereocenters. The summed E-state index contributed by atoms with van der Waals surface area (Å²) >= 11 is 0. The Morgan fingerprint density at radius 2 is 1.78 bits per heavy atom. The number of hydrogen-bond acceptors (Lipinski definition) is 5. The van der Waals surface area contributed by atoms with E-state index in [0.29, 0.717) is 42.4 Å². The Morgan fingerprint density at radius 1 is 1.00 bits per heavy atom. The van der Waals surface area contributed by atoms with Gasteiger partial charge in [-0.1, -0.05) is 6.07 Å². The minimum atomic E-state index is -0.320. The van der Waals surface area contributed by atoms with Gasteiger partial charge in [-0.05, 0) is 35.9 Å². The maximum Gasteiger partial charge on any atom is 0.170 e. The van der Waals surface area contributed by atoms with E-state index in [1.807, 2.05) is 18.2 Å². The zero-order chi connectivity index (χ0) is 15.8. The van der Waals surface area contributed by atoms with Gasteiger partial charge in [-0.25, -0.2) is 0 Å². The summed E-state index contributed by atoms with van der Waals surface area (Å²) in [5, 5.41) is 0. The van der Waals surface area contributed by atoms with Crippen LogP contribution in [0.15, 0.2) is 36.4 Å². The van der Waals surface area contributed by atoms with E-state index in [1.54, 1.807) is 25.3 Å². The van der Waals surface area contributed by atoms with Crippen molar-refractivity contribution >= 4 is 5.78 Å². The summed E-state index contributed by atoms with van der Waals surface area (Å²) in [5.74, 6) is 2.71. The molecule has 0 bridgehead atoms. The van der Waals surface area contributed by atoms with Crippen LogP contribution < -0.4 is 18.9 Å². The van der Waals surface area contributed by atoms with Gasteiger partial charge in [0.2, 0.25) is 0 Å². The molecular weight excluding hydrogens is 296 g/mol. The number of fused-ring (bicyclic) bond motifs is 2. The summed E-state index contributed by atoms with van der Waals surface area (Å²) in [4.78, 5) is 12.4. The molecule has 4 rings (SSSR count). The van der Waals surface area contributed by atoms with Crippen molar-refractivity contribution in [3.8, 4) is 23.0 Å². The molecule has 23 heavy (non-hydrogen) atoms. The number of Topliss-reactive ketones (excluding diaryl/α,β-unsaturated/α-hetero) is 1. The molecule has 0 N–H and O–H groups in total. The molecule has 0 saturated carbocycles. The minimum absolute atomic E-state index is 0.0463. The summed E-state index contributed by atoms with van der Waals surface area (Å²) in [6.07, 6.45) is -0.0287. The van der Waals surface area contributed by atoms with Crippen LogP contribution in [-0.4, -0.2) is 26.1 Å². The van der Waals surface area contributed by atoms with Crippen LogP contribution in [0.25, 0.3) is 0 Å². The van der Waals surface area contributed by atoms with Gasteiger partial charge in [0.1, 0.15) is 30.8 Å². The molecule has 2 aromatic rings. The third-order valence-electron chi connectivity index (χ3n) is 4.07. The Balaban J connectivity index is 1.65. The lowest BCUT2D eigenvalue weighted by molar-refractivity contribution is 0.0848. The molecule has 2 aliphatic rings. The van der Waals surface area contributed by atoms with Gasteiger partial charge in [0.15, 0.2) is 17.3 Å². The third kappa shape index (κ3) is 2.48. The largest absolute Gasteiger partial charge is 0.497 e. The summed E-state index contributed by atoms with van der Waals surface area (Å²) in [5.41, 5.74) is 1.47. The molecule has 0 spiro atoms. The summed E-state index contributed by atoms with van der Waals surface area (Å²) in [6.45, 7) is 1.09. The number of rotatable bonds is 2. The van der Waals surface area contributed by atoms with Crippen molar-refractivity contribution in [3.05, 3.63) is 47.5 Å². The van der Waals surface area contributed by atoms with E-state index in [2.05, 4.69) is 0 Å². The molecule has 5 heteroatoms. The fraction of sp³-hybridized carbons (Fsp3) is 0.278. The highest BCUT2D eigenvalue weighted by atomic mass is 16.6. The van der Waals surface area contributed by atoms with Gasteiger partial charge in [-0.3, -0.25) is 4.79 Å². The minimum Gasteiger partial charge on any atom is -0.497 e. The highest BCUT2D eigenvalue weighted by molar-refractivity contribution is 6.00. The van der Waals surface area contributed by atoms with Gasteiger partial charge in [-0.2, -0.15) is 0 Å². The van der Waals surface area contributed by atoms with E-state index >= 15 is 0 Å². The van der Waals surface area contributed by atoms with Crippen molar-refractivity contribution in [2.24, 2.45) is 0 Å². The molecule has 0 amide bonds. The lowest BCUT2D eigenvalue weighted by Gasteiger charge is -2.27. The van der Waals surface area contributed by atoms with Crippen molar-refractivity contribution in [2.75, 3.05) is 20.3 Å². The van der Waals surface area contributed by atoms with Crippen LogP contribution in [0.1, 0.15) is 28.4 Å². The average molecular weight is 312 g/mol. The Morgan fingerprint density at radius 3 is 2.61 bits per heavy atom. The molecule has 2 heterocycles. The van der Waals surface area contributed by atoms with Crippen LogP contribution in [0.3, 0.4) is 0 Å². The molecule has 0 aromatic heterocycles. The first kappa shape index (κ1) is 13.9. The zero-order valence-electron chi connectivity index (χ0n) is 12.7. The van der Waals surface area contributed by atoms with Crippen LogP contribution >= 0.6 is 0 Å². The number of benzene rings is 2. The predicted octanol–water partition coefficient (Wildman–Crippen LogP) is 3.17.